The summed E-state index contributed by atoms with van der Waals surface area (Å²) in [4.78, 5) is 23.0. The number of carboxylic acid groups (broad SMARTS) is 1. The lowest BCUT2D eigenvalue weighted by Gasteiger charge is -2.29. The number of hydrogen-bond donors (Lipinski definition) is 1. The first-order chi connectivity index (χ1) is 8.13. The normalized spacial score (nSPS) is 17.4. The Labute approximate surface area is 101 Å². The standard InChI is InChI=1S/C12H19NO4/c1-17-11(14)5-3-2-4-10-6-8-13(9-7-10)12(15)16/h3,5,10H,2,4,6-9H2,1H3,(H,15,16). The molecule has 0 aromatic heterocycles. The number of likely N-dealkylation sites (tertiary alicyclic amines) is 1. The van der Waals surface area contributed by atoms with Gasteiger partial charge >= 0.3 is 12.1 Å². The van der Waals surface area contributed by atoms with Gasteiger partial charge in [-0.1, -0.05) is 6.08 Å². The Morgan fingerprint density at radius 1 is 1.41 bits per heavy atom. The van der Waals surface area contributed by atoms with E-state index < -0.39 is 6.09 Å². The molecule has 1 aliphatic heterocycles. The van der Waals surface area contributed by atoms with E-state index >= 15 is 0 Å². The van der Waals surface area contributed by atoms with Crippen molar-refractivity contribution in [2.75, 3.05) is 20.2 Å². The number of hydrogen-bond acceptors (Lipinski definition) is 3. The smallest absolute Gasteiger partial charge is 0.407 e. The zero-order valence-corrected chi connectivity index (χ0v) is 10.1. The summed E-state index contributed by atoms with van der Waals surface area (Å²) in [5, 5.41) is 8.79. The molecular weight excluding hydrogens is 222 g/mol. The Morgan fingerprint density at radius 2 is 2.06 bits per heavy atom. The van der Waals surface area contributed by atoms with Crippen LogP contribution in [0.25, 0.3) is 0 Å². The van der Waals surface area contributed by atoms with Crippen LogP contribution in [0.2, 0.25) is 0 Å². The fraction of sp³-hybridized carbons (Fsp3) is 0.667. The van der Waals surface area contributed by atoms with Gasteiger partial charge in [0.05, 0.1) is 7.11 Å². The van der Waals surface area contributed by atoms with Crippen molar-refractivity contribution in [1.82, 2.24) is 4.90 Å². The average Bonchev–Trinajstić information content (AvgIpc) is 2.34. The Balaban J connectivity index is 2.16. The van der Waals surface area contributed by atoms with Crippen molar-refractivity contribution in [3.63, 3.8) is 0 Å². The molecule has 0 aromatic rings. The first-order valence-corrected chi connectivity index (χ1v) is 5.86. The molecule has 1 rings (SSSR count). The van der Waals surface area contributed by atoms with E-state index in [2.05, 4.69) is 4.74 Å². The Morgan fingerprint density at radius 3 is 2.59 bits per heavy atom. The summed E-state index contributed by atoms with van der Waals surface area (Å²) in [6.07, 6.45) is 6.10. The molecule has 0 unspecified atom stereocenters. The van der Waals surface area contributed by atoms with E-state index in [1.807, 2.05) is 6.08 Å². The zero-order valence-electron chi connectivity index (χ0n) is 10.1. The fourth-order valence-electron chi connectivity index (χ4n) is 1.99. The molecule has 5 nitrogen and oxygen atoms in total. The number of carbonyl (C=O) groups is 2. The fourth-order valence-corrected chi connectivity index (χ4v) is 1.99. The van der Waals surface area contributed by atoms with Gasteiger partial charge < -0.3 is 14.7 Å². The minimum absolute atomic E-state index is 0.328. The summed E-state index contributed by atoms with van der Waals surface area (Å²) in [5.41, 5.74) is 0. The lowest BCUT2D eigenvalue weighted by Crippen LogP contribution is -2.37. The van der Waals surface area contributed by atoms with Gasteiger partial charge in [-0.15, -0.1) is 0 Å². The molecule has 1 amide bonds. The Hall–Kier alpha value is -1.52. The SMILES string of the molecule is COC(=O)C=CCCC1CCN(C(=O)O)CC1. The summed E-state index contributed by atoms with van der Waals surface area (Å²) in [6, 6.07) is 0. The van der Waals surface area contributed by atoms with Crippen molar-refractivity contribution in [3.05, 3.63) is 12.2 Å². The number of allylic oxidation sites excluding steroid dienone is 1. The highest BCUT2D eigenvalue weighted by Gasteiger charge is 2.21. The van der Waals surface area contributed by atoms with E-state index in [0.717, 1.165) is 25.7 Å². The number of carbonyl (C=O) groups excluding carboxylic acids is 1. The highest BCUT2D eigenvalue weighted by molar-refractivity contribution is 5.81. The van der Waals surface area contributed by atoms with E-state index in [4.69, 9.17) is 5.11 Å². The molecule has 0 bridgehead atoms. The second-order valence-electron chi connectivity index (χ2n) is 4.22. The Kier molecular flexibility index (Phi) is 5.52. The first kappa shape index (κ1) is 13.5. The molecule has 0 aliphatic carbocycles. The summed E-state index contributed by atoms with van der Waals surface area (Å²) >= 11 is 0. The molecule has 0 saturated carbocycles. The first-order valence-electron chi connectivity index (χ1n) is 5.86. The third-order valence-electron chi connectivity index (χ3n) is 3.08. The van der Waals surface area contributed by atoms with Crippen LogP contribution in [0.4, 0.5) is 4.79 Å². The topological polar surface area (TPSA) is 66.8 Å². The van der Waals surface area contributed by atoms with Crippen molar-refractivity contribution in [3.8, 4) is 0 Å². The van der Waals surface area contributed by atoms with Gasteiger partial charge in [-0.05, 0) is 31.6 Å². The molecule has 1 fully saturated rings. The predicted molar refractivity (Wildman–Crippen MR) is 62.7 cm³/mol. The van der Waals surface area contributed by atoms with Crippen LogP contribution >= 0.6 is 0 Å². The number of rotatable bonds is 4. The summed E-state index contributed by atoms with van der Waals surface area (Å²) in [5.74, 6) is 0.235. The summed E-state index contributed by atoms with van der Waals surface area (Å²) in [7, 11) is 1.36. The number of amides is 1. The molecule has 96 valence electrons. The van der Waals surface area contributed by atoms with Crippen molar-refractivity contribution < 1.29 is 19.4 Å². The van der Waals surface area contributed by atoms with Gasteiger partial charge in [-0.2, -0.15) is 0 Å². The van der Waals surface area contributed by atoms with Crippen molar-refractivity contribution >= 4 is 12.1 Å². The van der Waals surface area contributed by atoms with E-state index in [9.17, 15) is 9.59 Å². The van der Waals surface area contributed by atoms with Crippen LogP contribution in [0.15, 0.2) is 12.2 Å². The molecule has 0 radical (unpaired) electrons. The second kappa shape index (κ2) is 6.93. The average molecular weight is 241 g/mol. The van der Waals surface area contributed by atoms with Crippen LogP contribution in [0.1, 0.15) is 25.7 Å². The molecular formula is C12H19NO4. The minimum Gasteiger partial charge on any atom is -0.466 e. The minimum atomic E-state index is -0.825. The lowest BCUT2D eigenvalue weighted by molar-refractivity contribution is -0.134. The molecule has 0 atom stereocenters. The van der Waals surface area contributed by atoms with Crippen molar-refractivity contribution in [2.24, 2.45) is 5.92 Å². The third-order valence-corrected chi connectivity index (χ3v) is 3.08. The van der Waals surface area contributed by atoms with Crippen LogP contribution in [0.3, 0.4) is 0 Å². The highest BCUT2D eigenvalue weighted by Crippen LogP contribution is 2.21. The molecule has 17 heavy (non-hydrogen) atoms. The quantitative estimate of drug-likeness (QED) is 0.603. The molecule has 0 spiro atoms. The van der Waals surface area contributed by atoms with Gasteiger partial charge in [0, 0.05) is 19.2 Å². The number of methoxy groups -OCH3 is 1. The number of nitrogens with zero attached hydrogens (tertiary/aromatic N) is 1. The second-order valence-corrected chi connectivity index (χ2v) is 4.22. The lowest BCUT2D eigenvalue weighted by atomic mass is 9.92. The van der Waals surface area contributed by atoms with E-state index in [1.165, 1.54) is 18.1 Å². The molecule has 1 heterocycles. The molecule has 1 N–H and O–H groups in total. The number of piperidine rings is 1. The molecule has 0 aromatic carbocycles. The van der Waals surface area contributed by atoms with E-state index in [-0.39, 0.29) is 5.97 Å². The maximum atomic E-state index is 10.8. The molecule has 1 aliphatic rings. The summed E-state index contributed by atoms with van der Waals surface area (Å²) in [6.45, 7) is 1.25. The zero-order chi connectivity index (χ0) is 12.7. The highest BCUT2D eigenvalue weighted by atomic mass is 16.5. The predicted octanol–water partition coefficient (Wildman–Crippen LogP) is 1.89. The maximum absolute atomic E-state index is 10.8. The van der Waals surface area contributed by atoms with Gasteiger partial charge in [0.1, 0.15) is 0 Å². The van der Waals surface area contributed by atoms with Gasteiger partial charge in [0.25, 0.3) is 0 Å². The van der Waals surface area contributed by atoms with Crippen LogP contribution < -0.4 is 0 Å². The van der Waals surface area contributed by atoms with Crippen molar-refractivity contribution in [1.29, 1.82) is 0 Å². The van der Waals surface area contributed by atoms with Gasteiger partial charge in [0.15, 0.2) is 0 Å². The van der Waals surface area contributed by atoms with Gasteiger partial charge in [0.2, 0.25) is 0 Å². The van der Waals surface area contributed by atoms with Crippen LogP contribution in [0.5, 0.6) is 0 Å². The Bertz CT molecular complexity index is 293. The van der Waals surface area contributed by atoms with Gasteiger partial charge in [-0.3, -0.25) is 0 Å². The monoisotopic (exact) mass is 241 g/mol. The van der Waals surface area contributed by atoms with Crippen LogP contribution in [0, 0.1) is 5.92 Å². The van der Waals surface area contributed by atoms with Crippen LogP contribution in [-0.2, 0) is 9.53 Å². The number of esters is 1. The largest absolute Gasteiger partial charge is 0.466 e. The maximum Gasteiger partial charge on any atom is 0.407 e. The van der Waals surface area contributed by atoms with E-state index in [0.29, 0.717) is 19.0 Å². The molecule has 1 saturated heterocycles. The van der Waals surface area contributed by atoms with E-state index in [1.54, 1.807) is 0 Å². The summed E-state index contributed by atoms with van der Waals surface area (Å²) < 4.78 is 4.49. The van der Waals surface area contributed by atoms with Gasteiger partial charge in [-0.25, -0.2) is 9.59 Å². The van der Waals surface area contributed by atoms with Crippen molar-refractivity contribution in [2.45, 2.75) is 25.7 Å². The molecule has 5 heteroatoms. The third kappa shape index (κ3) is 4.89. The number of ether oxygens (including phenoxy) is 1. The van der Waals surface area contributed by atoms with Crippen LogP contribution in [-0.4, -0.2) is 42.3 Å².